The molecule has 0 spiro atoms. The summed E-state index contributed by atoms with van der Waals surface area (Å²) in [5.74, 6) is 2.38. The largest absolute Gasteiger partial charge is 0.454 e. The predicted octanol–water partition coefficient (Wildman–Crippen LogP) is 3.82. The van der Waals surface area contributed by atoms with Crippen LogP contribution >= 0.6 is 12.4 Å². The summed E-state index contributed by atoms with van der Waals surface area (Å²) in [4.78, 5) is 17.1. The van der Waals surface area contributed by atoms with E-state index in [1.54, 1.807) is 6.08 Å². The van der Waals surface area contributed by atoms with E-state index in [1.165, 1.54) is 12.8 Å². The van der Waals surface area contributed by atoms with Crippen LogP contribution in [-0.2, 0) is 4.79 Å². The molecule has 0 radical (unpaired) electrons. The molecule has 1 heterocycles. The molecule has 2 aliphatic rings. The van der Waals surface area contributed by atoms with Crippen LogP contribution in [0.4, 0.5) is 0 Å². The Kier molecular flexibility index (Phi) is 7.99. The molecule has 0 saturated heterocycles. The summed E-state index contributed by atoms with van der Waals surface area (Å²) in [7, 11) is 4.10. The Balaban J connectivity index is 0.00000261. The monoisotopic (exact) mass is 394 g/mol. The van der Waals surface area contributed by atoms with E-state index in [2.05, 4.69) is 16.7 Å². The van der Waals surface area contributed by atoms with Crippen molar-refractivity contribution in [1.82, 2.24) is 9.80 Å². The van der Waals surface area contributed by atoms with Crippen molar-refractivity contribution in [2.45, 2.75) is 38.6 Å². The minimum atomic E-state index is 0. The first-order chi connectivity index (χ1) is 12.5. The first-order valence-corrected chi connectivity index (χ1v) is 9.56. The lowest BCUT2D eigenvalue weighted by atomic mass is 9.86. The fourth-order valence-corrected chi connectivity index (χ4v) is 3.61. The minimum absolute atomic E-state index is 0. The maximum atomic E-state index is 12.9. The van der Waals surface area contributed by atoms with Gasteiger partial charge in [0.05, 0.1) is 0 Å². The third-order valence-corrected chi connectivity index (χ3v) is 5.31. The van der Waals surface area contributed by atoms with Gasteiger partial charge in [-0.2, -0.15) is 0 Å². The van der Waals surface area contributed by atoms with E-state index < -0.39 is 0 Å². The molecule has 0 N–H and O–H groups in total. The zero-order chi connectivity index (χ0) is 18.5. The highest BCUT2D eigenvalue weighted by atomic mass is 35.5. The molecule has 1 aliphatic carbocycles. The van der Waals surface area contributed by atoms with Gasteiger partial charge in [0.2, 0.25) is 12.7 Å². The Hall–Kier alpha value is -1.72. The molecule has 1 amide bonds. The van der Waals surface area contributed by atoms with Gasteiger partial charge in [0.15, 0.2) is 11.5 Å². The Morgan fingerprint density at radius 2 is 1.81 bits per heavy atom. The highest BCUT2D eigenvalue weighted by molar-refractivity contribution is 5.92. The summed E-state index contributed by atoms with van der Waals surface area (Å²) in [5, 5.41) is 0. The van der Waals surface area contributed by atoms with Crippen molar-refractivity contribution in [3.05, 3.63) is 29.8 Å². The van der Waals surface area contributed by atoms with Crippen LogP contribution in [0.25, 0.3) is 6.08 Å². The number of rotatable bonds is 6. The SMILES string of the molecule is CN(C)CCN(C(=O)/C=C/c1ccc2c(c1)OCO2)[C@H]1CC[C@H](C)CC1.Cl. The molecule has 27 heavy (non-hydrogen) atoms. The van der Waals surface area contributed by atoms with Crippen molar-refractivity contribution < 1.29 is 14.3 Å². The Labute approximate surface area is 168 Å². The van der Waals surface area contributed by atoms with E-state index in [-0.39, 0.29) is 25.1 Å². The summed E-state index contributed by atoms with van der Waals surface area (Å²) in [5.41, 5.74) is 0.951. The molecule has 1 saturated carbocycles. The topological polar surface area (TPSA) is 42.0 Å². The van der Waals surface area contributed by atoms with Gasteiger partial charge < -0.3 is 19.3 Å². The molecule has 6 heteroatoms. The van der Waals surface area contributed by atoms with Gasteiger partial charge in [0.1, 0.15) is 0 Å². The van der Waals surface area contributed by atoms with Gasteiger partial charge >= 0.3 is 0 Å². The van der Waals surface area contributed by atoms with E-state index in [0.717, 1.165) is 48.9 Å². The molecule has 3 rings (SSSR count). The Bertz CT molecular complexity index is 655. The van der Waals surface area contributed by atoms with Gasteiger partial charge in [-0.1, -0.05) is 13.0 Å². The van der Waals surface area contributed by atoms with E-state index in [4.69, 9.17) is 9.47 Å². The predicted molar refractivity (Wildman–Crippen MR) is 111 cm³/mol. The second-order valence-electron chi connectivity index (χ2n) is 7.69. The number of halogens is 1. The maximum absolute atomic E-state index is 12.9. The Morgan fingerprint density at radius 3 is 2.52 bits per heavy atom. The zero-order valence-corrected chi connectivity index (χ0v) is 17.3. The van der Waals surface area contributed by atoms with E-state index in [1.807, 2.05) is 38.4 Å². The third-order valence-electron chi connectivity index (χ3n) is 5.31. The van der Waals surface area contributed by atoms with Crippen molar-refractivity contribution in [3.63, 3.8) is 0 Å². The molecule has 5 nitrogen and oxygen atoms in total. The quantitative estimate of drug-likeness (QED) is 0.688. The molecule has 1 aromatic rings. The van der Waals surface area contributed by atoms with Gasteiger partial charge in [-0.15, -0.1) is 12.4 Å². The molecular weight excluding hydrogens is 364 g/mol. The van der Waals surface area contributed by atoms with Gasteiger partial charge in [0, 0.05) is 25.2 Å². The number of carbonyl (C=O) groups excluding carboxylic acids is 1. The van der Waals surface area contributed by atoms with Crippen molar-refractivity contribution in [3.8, 4) is 11.5 Å². The summed E-state index contributed by atoms with van der Waals surface area (Å²) in [6.45, 7) is 4.23. The number of benzene rings is 1. The first kappa shape index (κ1) is 21.6. The zero-order valence-electron chi connectivity index (χ0n) is 16.5. The van der Waals surface area contributed by atoms with Crippen LogP contribution in [0.1, 0.15) is 38.2 Å². The van der Waals surface area contributed by atoms with Gasteiger partial charge in [-0.25, -0.2) is 0 Å². The molecule has 150 valence electrons. The average molecular weight is 395 g/mol. The van der Waals surface area contributed by atoms with Gasteiger partial charge in [0.25, 0.3) is 0 Å². The highest BCUT2D eigenvalue weighted by Crippen LogP contribution is 2.33. The molecule has 0 bridgehead atoms. The van der Waals surface area contributed by atoms with Crippen LogP contribution in [0.15, 0.2) is 24.3 Å². The molecule has 0 atom stereocenters. The van der Waals surface area contributed by atoms with Crippen LogP contribution in [0.3, 0.4) is 0 Å². The van der Waals surface area contributed by atoms with Crippen molar-refractivity contribution in [2.75, 3.05) is 34.0 Å². The second-order valence-corrected chi connectivity index (χ2v) is 7.69. The fourth-order valence-electron chi connectivity index (χ4n) is 3.61. The second kappa shape index (κ2) is 10.00. The highest BCUT2D eigenvalue weighted by Gasteiger charge is 2.26. The van der Waals surface area contributed by atoms with Crippen LogP contribution in [-0.4, -0.2) is 55.7 Å². The van der Waals surface area contributed by atoms with Crippen molar-refractivity contribution >= 4 is 24.4 Å². The smallest absolute Gasteiger partial charge is 0.246 e. The summed E-state index contributed by atoms with van der Waals surface area (Å²) >= 11 is 0. The molecule has 1 fully saturated rings. The van der Waals surface area contributed by atoms with Crippen LogP contribution in [0.2, 0.25) is 0 Å². The normalized spacial score (nSPS) is 21.3. The molecule has 1 aliphatic heterocycles. The van der Waals surface area contributed by atoms with Crippen LogP contribution in [0, 0.1) is 5.92 Å². The Morgan fingerprint density at radius 1 is 1.11 bits per heavy atom. The lowest BCUT2D eigenvalue weighted by Gasteiger charge is -2.36. The summed E-state index contributed by atoms with van der Waals surface area (Å²) in [6.07, 6.45) is 8.21. The lowest BCUT2D eigenvalue weighted by Crippen LogP contribution is -2.44. The van der Waals surface area contributed by atoms with E-state index in [0.29, 0.717) is 6.04 Å². The standard InChI is InChI=1S/C21H30N2O3.ClH/c1-16-4-8-18(9-5-16)23(13-12-22(2)3)21(24)11-7-17-6-10-19-20(14-17)26-15-25-19;/h6-7,10-11,14,16,18H,4-5,8-9,12-13,15H2,1-3H3;1H/b11-7+;/t16-,18-;. The van der Waals surface area contributed by atoms with Gasteiger partial charge in [-0.05, 0) is 69.5 Å². The lowest BCUT2D eigenvalue weighted by molar-refractivity contribution is -0.129. The number of likely N-dealkylation sites (N-methyl/N-ethyl adjacent to an activating group) is 1. The number of nitrogens with zero attached hydrogens (tertiary/aromatic N) is 2. The molecule has 0 aromatic heterocycles. The van der Waals surface area contributed by atoms with Crippen molar-refractivity contribution in [2.24, 2.45) is 5.92 Å². The molecule has 0 unspecified atom stereocenters. The number of amides is 1. The fraction of sp³-hybridized carbons (Fsp3) is 0.571. The maximum Gasteiger partial charge on any atom is 0.246 e. The van der Waals surface area contributed by atoms with Crippen molar-refractivity contribution in [1.29, 1.82) is 0 Å². The number of carbonyl (C=O) groups is 1. The van der Waals surface area contributed by atoms with E-state index >= 15 is 0 Å². The number of ether oxygens (including phenoxy) is 2. The van der Waals surface area contributed by atoms with E-state index in [9.17, 15) is 4.79 Å². The van der Waals surface area contributed by atoms with Crippen LogP contribution in [0.5, 0.6) is 11.5 Å². The number of hydrogen-bond donors (Lipinski definition) is 0. The number of fused-ring (bicyclic) bond motifs is 1. The molecular formula is C21H31ClN2O3. The first-order valence-electron chi connectivity index (χ1n) is 9.56. The van der Waals surface area contributed by atoms with Crippen LogP contribution < -0.4 is 9.47 Å². The summed E-state index contributed by atoms with van der Waals surface area (Å²) < 4.78 is 10.7. The average Bonchev–Trinajstić information content (AvgIpc) is 3.09. The number of hydrogen-bond acceptors (Lipinski definition) is 4. The molecule has 1 aromatic carbocycles. The van der Waals surface area contributed by atoms with Gasteiger partial charge in [-0.3, -0.25) is 4.79 Å². The minimum Gasteiger partial charge on any atom is -0.454 e. The third kappa shape index (κ3) is 5.88. The summed E-state index contributed by atoms with van der Waals surface area (Å²) in [6, 6.07) is 6.11.